The second-order valence-electron chi connectivity index (χ2n) is 9.38. The van der Waals surface area contributed by atoms with Crippen molar-refractivity contribution in [3.05, 3.63) is 23.8 Å². The van der Waals surface area contributed by atoms with Crippen molar-refractivity contribution < 1.29 is 27.4 Å². The summed E-state index contributed by atoms with van der Waals surface area (Å²) in [7, 11) is -2.33. The van der Waals surface area contributed by atoms with E-state index in [9.17, 15) is 13.2 Å². The SMILES string of the molecule is COc1ccc(C(=O)NCC(C2CCOC2)N2CCOCC2)cc1S(=O)(=O)N1CCCCC1C. The number of methoxy groups -OCH3 is 1. The predicted molar refractivity (Wildman–Crippen MR) is 128 cm³/mol. The Morgan fingerprint density at radius 3 is 2.62 bits per heavy atom. The van der Waals surface area contributed by atoms with Crippen LogP contribution in [0.4, 0.5) is 0 Å². The zero-order chi connectivity index (χ0) is 24.1. The van der Waals surface area contributed by atoms with Crippen molar-refractivity contribution in [2.24, 2.45) is 5.92 Å². The molecule has 3 aliphatic rings. The number of hydrogen-bond acceptors (Lipinski definition) is 7. The van der Waals surface area contributed by atoms with Crippen LogP contribution in [0.2, 0.25) is 0 Å². The number of nitrogens with one attached hydrogen (secondary N) is 1. The molecule has 4 rings (SSSR count). The van der Waals surface area contributed by atoms with E-state index in [0.29, 0.717) is 44.4 Å². The van der Waals surface area contributed by atoms with E-state index >= 15 is 0 Å². The summed E-state index contributed by atoms with van der Waals surface area (Å²) in [5.74, 6) is 0.317. The van der Waals surface area contributed by atoms with Crippen LogP contribution in [0.1, 0.15) is 43.0 Å². The summed E-state index contributed by atoms with van der Waals surface area (Å²) in [5, 5.41) is 3.05. The summed E-state index contributed by atoms with van der Waals surface area (Å²) in [6, 6.07) is 4.72. The average molecular weight is 496 g/mol. The zero-order valence-electron chi connectivity index (χ0n) is 20.2. The van der Waals surface area contributed by atoms with E-state index in [1.807, 2.05) is 6.92 Å². The Balaban J connectivity index is 1.51. The van der Waals surface area contributed by atoms with Gasteiger partial charge < -0.3 is 19.5 Å². The number of rotatable bonds is 8. The molecule has 0 saturated carbocycles. The zero-order valence-corrected chi connectivity index (χ0v) is 21.0. The quantitative estimate of drug-likeness (QED) is 0.587. The minimum Gasteiger partial charge on any atom is -0.495 e. The number of carbonyl (C=O) groups excluding carboxylic acids is 1. The van der Waals surface area contributed by atoms with E-state index in [4.69, 9.17) is 14.2 Å². The number of sulfonamides is 1. The largest absolute Gasteiger partial charge is 0.495 e. The Kier molecular flexibility index (Phi) is 8.47. The molecule has 190 valence electrons. The first-order valence-corrected chi connectivity index (χ1v) is 13.7. The molecule has 0 aromatic heterocycles. The normalized spacial score (nSPS) is 25.7. The highest BCUT2D eigenvalue weighted by Crippen LogP contribution is 2.32. The van der Waals surface area contributed by atoms with E-state index < -0.39 is 10.0 Å². The molecule has 10 heteroatoms. The van der Waals surface area contributed by atoms with Crippen LogP contribution in [0.5, 0.6) is 5.75 Å². The van der Waals surface area contributed by atoms with Gasteiger partial charge in [-0.25, -0.2) is 8.42 Å². The van der Waals surface area contributed by atoms with Gasteiger partial charge in [0.25, 0.3) is 5.91 Å². The number of piperidine rings is 1. The summed E-state index contributed by atoms with van der Waals surface area (Å²) in [6.45, 7) is 7.35. The lowest BCUT2D eigenvalue weighted by Crippen LogP contribution is -2.52. The molecule has 0 radical (unpaired) electrons. The number of carbonyl (C=O) groups is 1. The molecular weight excluding hydrogens is 458 g/mol. The highest BCUT2D eigenvalue weighted by atomic mass is 32.2. The second-order valence-corrected chi connectivity index (χ2v) is 11.2. The Morgan fingerprint density at radius 2 is 1.94 bits per heavy atom. The maximum atomic E-state index is 13.5. The summed E-state index contributed by atoms with van der Waals surface area (Å²) >= 11 is 0. The van der Waals surface area contributed by atoms with Crippen LogP contribution in [-0.4, -0.2) is 95.3 Å². The van der Waals surface area contributed by atoms with E-state index in [0.717, 1.165) is 45.4 Å². The number of hydrogen-bond donors (Lipinski definition) is 1. The third kappa shape index (κ3) is 5.57. The molecule has 1 aromatic rings. The lowest BCUT2D eigenvalue weighted by molar-refractivity contribution is 0.00166. The molecule has 34 heavy (non-hydrogen) atoms. The van der Waals surface area contributed by atoms with Gasteiger partial charge in [-0.2, -0.15) is 4.31 Å². The Morgan fingerprint density at radius 1 is 1.15 bits per heavy atom. The molecule has 3 atom stereocenters. The molecule has 3 aliphatic heterocycles. The highest BCUT2D eigenvalue weighted by Gasteiger charge is 2.34. The van der Waals surface area contributed by atoms with Gasteiger partial charge >= 0.3 is 0 Å². The first kappa shape index (κ1) is 25.4. The maximum Gasteiger partial charge on any atom is 0.251 e. The van der Waals surface area contributed by atoms with Gasteiger partial charge in [0, 0.05) is 56.4 Å². The van der Waals surface area contributed by atoms with Crippen molar-refractivity contribution in [1.29, 1.82) is 0 Å². The van der Waals surface area contributed by atoms with Crippen molar-refractivity contribution in [3.63, 3.8) is 0 Å². The number of ether oxygens (including phenoxy) is 3. The molecule has 9 nitrogen and oxygen atoms in total. The molecule has 1 amide bonds. The van der Waals surface area contributed by atoms with Gasteiger partial charge in [-0.15, -0.1) is 0 Å². The Labute approximate surface area is 202 Å². The van der Waals surface area contributed by atoms with Crippen LogP contribution < -0.4 is 10.1 Å². The van der Waals surface area contributed by atoms with E-state index in [1.54, 1.807) is 12.1 Å². The molecule has 0 aliphatic carbocycles. The Bertz CT molecular complexity index is 944. The van der Waals surface area contributed by atoms with Crippen molar-refractivity contribution in [2.45, 2.75) is 49.6 Å². The summed E-state index contributed by atoms with van der Waals surface area (Å²) < 4.78 is 45.0. The van der Waals surface area contributed by atoms with Gasteiger partial charge in [0.1, 0.15) is 10.6 Å². The summed E-state index contributed by atoms with van der Waals surface area (Å²) in [4.78, 5) is 15.5. The molecule has 3 saturated heterocycles. The molecule has 3 heterocycles. The molecule has 0 bridgehead atoms. The van der Waals surface area contributed by atoms with Gasteiger partial charge in [0.15, 0.2) is 0 Å². The lowest BCUT2D eigenvalue weighted by Gasteiger charge is -2.37. The first-order valence-electron chi connectivity index (χ1n) is 12.3. The standard InChI is InChI=1S/C24H37N3O6S/c1-18-5-3-4-9-27(18)34(29,30)23-15-19(6-7-22(23)31-2)24(28)25-16-21(20-8-12-33-17-20)26-10-13-32-14-11-26/h6-7,15,18,20-21H,3-5,8-14,16-17H2,1-2H3,(H,25,28). The molecule has 0 spiro atoms. The number of morpholine rings is 1. The van der Waals surface area contributed by atoms with Crippen molar-refractivity contribution in [2.75, 3.05) is 59.7 Å². The minimum absolute atomic E-state index is 0.0466. The van der Waals surface area contributed by atoms with Crippen LogP contribution in [0.3, 0.4) is 0 Å². The fraction of sp³-hybridized carbons (Fsp3) is 0.708. The van der Waals surface area contributed by atoms with Crippen LogP contribution in [0.25, 0.3) is 0 Å². The monoisotopic (exact) mass is 495 g/mol. The third-order valence-electron chi connectivity index (χ3n) is 7.25. The van der Waals surface area contributed by atoms with Gasteiger partial charge in [0.2, 0.25) is 10.0 Å². The van der Waals surface area contributed by atoms with Gasteiger partial charge in [0.05, 0.1) is 26.9 Å². The van der Waals surface area contributed by atoms with Crippen LogP contribution >= 0.6 is 0 Å². The number of amides is 1. The summed E-state index contributed by atoms with van der Waals surface area (Å²) in [5.41, 5.74) is 0.312. The fourth-order valence-corrected chi connectivity index (χ4v) is 7.12. The van der Waals surface area contributed by atoms with Gasteiger partial charge in [-0.05, 0) is 44.4 Å². The first-order chi connectivity index (χ1) is 16.4. The third-order valence-corrected chi connectivity index (χ3v) is 9.28. The highest BCUT2D eigenvalue weighted by molar-refractivity contribution is 7.89. The number of benzene rings is 1. The Hall–Kier alpha value is -1.72. The van der Waals surface area contributed by atoms with E-state index in [1.165, 1.54) is 17.5 Å². The van der Waals surface area contributed by atoms with Crippen molar-refractivity contribution >= 4 is 15.9 Å². The van der Waals surface area contributed by atoms with Crippen molar-refractivity contribution in [3.8, 4) is 5.75 Å². The van der Waals surface area contributed by atoms with E-state index in [-0.39, 0.29) is 28.6 Å². The van der Waals surface area contributed by atoms with Crippen LogP contribution in [0, 0.1) is 5.92 Å². The van der Waals surface area contributed by atoms with Gasteiger partial charge in [-0.1, -0.05) is 6.42 Å². The molecule has 1 aromatic carbocycles. The van der Waals surface area contributed by atoms with Crippen LogP contribution in [0.15, 0.2) is 23.1 Å². The van der Waals surface area contributed by atoms with Gasteiger partial charge in [-0.3, -0.25) is 9.69 Å². The predicted octanol–water partition coefficient (Wildman–Crippen LogP) is 1.73. The maximum absolute atomic E-state index is 13.5. The second kappa shape index (κ2) is 11.3. The smallest absolute Gasteiger partial charge is 0.251 e. The molecule has 3 fully saturated rings. The molecular formula is C24H37N3O6S. The average Bonchev–Trinajstić information content (AvgIpc) is 3.39. The fourth-order valence-electron chi connectivity index (χ4n) is 5.23. The number of nitrogens with zero attached hydrogens (tertiary/aromatic N) is 2. The molecule has 1 N–H and O–H groups in total. The molecule has 3 unspecified atom stereocenters. The summed E-state index contributed by atoms with van der Waals surface area (Å²) in [6.07, 6.45) is 3.65. The van der Waals surface area contributed by atoms with E-state index in [2.05, 4.69) is 10.2 Å². The topological polar surface area (TPSA) is 97.4 Å². The van der Waals surface area contributed by atoms with Crippen LogP contribution in [-0.2, 0) is 19.5 Å². The lowest BCUT2D eigenvalue weighted by atomic mass is 9.96. The minimum atomic E-state index is -3.78. The van der Waals surface area contributed by atoms with Crippen molar-refractivity contribution in [1.82, 2.24) is 14.5 Å².